The van der Waals surface area contributed by atoms with Gasteiger partial charge in [0.25, 0.3) is 5.91 Å². The fourth-order valence-corrected chi connectivity index (χ4v) is 2.45. The third kappa shape index (κ3) is 6.11. The van der Waals surface area contributed by atoms with Crippen LogP contribution in [-0.4, -0.2) is 37.7 Å². The molecule has 1 aliphatic heterocycles. The molecule has 1 amide bonds. The molecule has 0 aliphatic carbocycles. The Hall–Kier alpha value is -1.73. The Kier molecular flexibility index (Phi) is 6.73. The fourth-order valence-electron chi connectivity index (χ4n) is 2.07. The highest BCUT2D eigenvalue weighted by Gasteiger charge is 2.16. The molecule has 0 bridgehead atoms. The van der Waals surface area contributed by atoms with Gasteiger partial charge in [0, 0.05) is 29.3 Å². The van der Waals surface area contributed by atoms with Gasteiger partial charge in [0.2, 0.25) is 0 Å². The van der Waals surface area contributed by atoms with Gasteiger partial charge in [-0.05, 0) is 37.1 Å². The molecule has 23 heavy (non-hydrogen) atoms. The van der Waals surface area contributed by atoms with E-state index in [9.17, 15) is 14.0 Å². The molecule has 0 radical (unpaired) electrons. The monoisotopic (exact) mass is 385 g/mol. The van der Waals surface area contributed by atoms with Crippen molar-refractivity contribution in [2.75, 3.05) is 19.8 Å². The number of hydrogen-bond donors (Lipinski definition) is 1. The average molecular weight is 386 g/mol. The Balaban J connectivity index is 1.72. The lowest BCUT2D eigenvalue weighted by atomic mass is 10.2. The first-order valence-electron chi connectivity index (χ1n) is 7.23. The first kappa shape index (κ1) is 17.6. The number of rotatable bonds is 6. The number of benzene rings is 1. The van der Waals surface area contributed by atoms with E-state index in [-0.39, 0.29) is 18.3 Å². The number of carbonyl (C=O) groups is 2. The molecule has 1 heterocycles. The van der Waals surface area contributed by atoms with Gasteiger partial charge >= 0.3 is 5.97 Å². The normalized spacial score (nSPS) is 17.4. The second kappa shape index (κ2) is 8.79. The summed E-state index contributed by atoms with van der Waals surface area (Å²) >= 11 is 3.22. The topological polar surface area (TPSA) is 64.6 Å². The number of amides is 1. The van der Waals surface area contributed by atoms with Crippen molar-refractivity contribution in [2.24, 2.45) is 0 Å². The average Bonchev–Trinajstić information content (AvgIpc) is 3.05. The molecule has 1 fully saturated rings. The Morgan fingerprint density at radius 3 is 3.04 bits per heavy atom. The highest BCUT2D eigenvalue weighted by Crippen LogP contribution is 2.16. The van der Waals surface area contributed by atoms with Gasteiger partial charge in [-0.2, -0.15) is 0 Å². The summed E-state index contributed by atoms with van der Waals surface area (Å²) in [6, 6.07) is 4.38. The maximum Gasteiger partial charge on any atom is 0.331 e. The summed E-state index contributed by atoms with van der Waals surface area (Å²) in [5, 5.41) is 2.64. The van der Waals surface area contributed by atoms with Crippen LogP contribution in [0.5, 0.6) is 0 Å². The second-order valence-electron chi connectivity index (χ2n) is 5.05. The molecule has 1 aliphatic rings. The quantitative estimate of drug-likeness (QED) is 0.603. The summed E-state index contributed by atoms with van der Waals surface area (Å²) in [5.41, 5.74) is 0.249. The zero-order valence-corrected chi connectivity index (χ0v) is 14.0. The van der Waals surface area contributed by atoms with Crippen molar-refractivity contribution in [1.29, 1.82) is 0 Å². The van der Waals surface area contributed by atoms with Crippen molar-refractivity contribution < 1.29 is 23.5 Å². The number of esters is 1. The molecular formula is C16H17BrFNO4. The van der Waals surface area contributed by atoms with E-state index in [0.29, 0.717) is 17.6 Å². The van der Waals surface area contributed by atoms with Crippen LogP contribution in [0.25, 0.3) is 6.08 Å². The van der Waals surface area contributed by atoms with E-state index in [2.05, 4.69) is 21.2 Å². The largest absolute Gasteiger partial charge is 0.452 e. The number of halogens is 2. The lowest BCUT2D eigenvalue weighted by Gasteiger charge is -2.10. The summed E-state index contributed by atoms with van der Waals surface area (Å²) in [6.45, 7) is 0.749. The third-order valence-electron chi connectivity index (χ3n) is 3.25. The molecular weight excluding hydrogens is 369 g/mol. The zero-order valence-electron chi connectivity index (χ0n) is 12.4. The first-order valence-corrected chi connectivity index (χ1v) is 8.02. The van der Waals surface area contributed by atoms with E-state index >= 15 is 0 Å². The maximum absolute atomic E-state index is 13.5. The van der Waals surface area contributed by atoms with Crippen LogP contribution in [0.15, 0.2) is 28.7 Å². The van der Waals surface area contributed by atoms with Gasteiger partial charge in [-0.1, -0.05) is 15.9 Å². The zero-order chi connectivity index (χ0) is 16.7. The molecule has 1 saturated heterocycles. The molecule has 124 valence electrons. The second-order valence-corrected chi connectivity index (χ2v) is 5.96. The standard InChI is InChI=1S/C16H17BrFNO4/c17-12-4-5-14(18)11(8-12)3-6-16(21)23-10-15(20)19-9-13-2-1-7-22-13/h3-6,8,13H,1-2,7,9-10H2,(H,19,20)/b6-3-/t13-/m0/s1. The summed E-state index contributed by atoms with van der Waals surface area (Å²) in [7, 11) is 0. The predicted octanol–water partition coefficient (Wildman–Crippen LogP) is 2.44. The molecule has 7 heteroatoms. The van der Waals surface area contributed by atoms with Crippen LogP contribution in [0.2, 0.25) is 0 Å². The molecule has 5 nitrogen and oxygen atoms in total. The number of ether oxygens (including phenoxy) is 2. The highest BCUT2D eigenvalue weighted by molar-refractivity contribution is 9.10. The van der Waals surface area contributed by atoms with Crippen LogP contribution in [0.3, 0.4) is 0 Å². The third-order valence-corrected chi connectivity index (χ3v) is 3.75. The minimum Gasteiger partial charge on any atom is -0.452 e. The molecule has 0 saturated carbocycles. The van der Waals surface area contributed by atoms with Gasteiger partial charge in [-0.25, -0.2) is 9.18 Å². The van der Waals surface area contributed by atoms with Gasteiger partial charge in [-0.3, -0.25) is 4.79 Å². The molecule has 2 rings (SSSR count). The molecule has 0 aromatic heterocycles. The van der Waals surface area contributed by atoms with E-state index in [4.69, 9.17) is 9.47 Å². The smallest absolute Gasteiger partial charge is 0.331 e. The summed E-state index contributed by atoms with van der Waals surface area (Å²) in [4.78, 5) is 23.1. The van der Waals surface area contributed by atoms with E-state index in [1.165, 1.54) is 18.2 Å². The summed E-state index contributed by atoms with van der Waals surface area (Å²) < 4.78 is 24.3. The van der Waals surface area contributed by atoms with Crippen molar-refractivity contribution in [1.82, 2.24) is 5.32 Å². The Morgan fingerprint density at radius 1 is 1.48 bits per heavy atom. The van der Waals surface area contributed by atoms with Gasteiger partial charge in [0.15, 0.2) is 6.61 Å². The predicted molar refractivity (Wildman–Crippen MR) is 86.1 cm³/mol. The van der Waals surface area contributed by atoms with Crippen LogP contribution < -0.4 is 5.32 Å². The fraction of sp³-hybridized carbons (Fsp3) is 0.375. The van der Waals surface area contributed by atoms with Crippen LogP contribution in [0.4, 0.5) is 4.39 Å². The first-order chi connectivity index (χ1) is 11.0. The lowest BCUT2D eigenvalue weighted by Crippen LogP contribution is -2.34. The Labute approximate surface area is 142 Å². The summed E-state index contributed by atoms with van der Waals surface area (Å²) in [5.74, 6) is -1.56. The minimum atomic E-state index is -0.711. The Morgan fingerprint density at radius 2 is 2.30 bits per heavy atom. The van der Waals surface area contributed by atoms with Crippen LogP contribution in [-0.2, 0) is 19.1 Å². The van der Waals surface area contributed by atoms with Crippen molar-refractivity contribution in [3.8, 4) is 0 Å². The van der Waals surface area contributed by atoms with E-state index in [1.54, 1.807) is 6.07 Å². The number of nitrogens with one attached hydrogen (secondary N) is 1. The van der Waals surface area contributed by atoms with Crippen molar-refractivity contribution in [3.05, 3.63) is 40.1 Å². The van der Waals surface area contributed by atoms with Crippen LogP contribution in [0, 0.1) is 5.82 Å². The Bertz CT molecular complexity index is 600. The van der Waals surface area contributed by atoms with E-state index in [0.717, 1.165) is 18.9 Å². The number of hydrogen-bond acceptors (Lipinski definition) is 4. The highest BCUT2D eigenvalue weighted by atomic mass is 79.9. The van der Waals surface area contributed by atoms with Gasteiger partial charge in [-0.15, -0.1) is 0 Å². The van der Waals surface area contributed by atoms with Crippen molar-refractivity contribution in [2.45, 2.75) is 18.9 Å². The molecule has 1 aromatic carbocycles. The van der Waals surface area contributed by atoms with Crippen molar-refractivity contribution >= 4 is 33.9 Å². The van der Waals surface area contributed by atoms with Gasteiger partial charge in [0.05, 0.1) is 6.10 Å². The summed E-state index contributed by atoms with van der Waals surface area (Å²) in [6.07, 6.45) is 4.33. The molecule has 1 aromatic rings. The molecule has 1 N–H and O–H groups in total. The molecule has 0 spiro atoms. The molecule has 1 atom stereocenters. The minimum absolute atomic E-state index is 0.0362. The van der Waals surface area contributed by atoms with Crippen LogP contribution in [0.1, 0.15) is 18.4 Å². The maximum atomic E-state index is 13.5. The van der Waals surface area contributed by atoms with Crippen molar-refractivity contribution in [3.63, 3.8) is 0 Å². The van der Waals surface area contributed by atoms with E-state index in [1.807, 2.05) is 0 Å². The lowest BCUT2D eigenvalue weighted by molar-refractivity contribution is -0.143. The van der Waals surface area contributed by atoms with Gasteiger partial charge < -0.3 is 14.8 Å². The number of carbonyl (C=O) groups excluding carboxylic acids is 2. The SMILES string of the molecule is O=C(COC(=O)/C=C\c1cc(Br)ccc1F)NC[C@@H]1CCCO1. The van der Waals surface area contributed by atoms with E-state index < -0.39 is 17.7 Å². The molecule has 0 unspecified atom stereocenters. The van der Waals surface area contributed by atoms with Gasteiger partial charge in [0.1, 0.15) is 5.82 Å². The van der Waals surface area contributed by atoms with Crippen LogP contribution >= 0.6 is 15.9 Å².